The summed E-state index contributed by atoms with van der Waals surface area (Å²) in [6.07, 6.45) is 1.80. The van der Waals surface area contributed by atoms with Crippen molar-refractivity contribution in [1.82, 2.24) is 4.98 Å². The lowest BCUT2D eigenvalue weighted by atomic mass is 10.3. The van der Waals surface area contributed by atoms with Crippen LogP contribution in [0.2, 0.25) is 0 Å². The van der Waals surface area contributed by atoms with Crippen molar-refractivity contribution in [3.8, 4) is 0 Å². The maximum atomic E-state index is 4.34. The average Bonchev–Trinajstić information content (AvgIpc) is 2.63. The molecule has 84 valence electrons. The Balaban J connectivity index is 2.08. The molecule has 0 saturated carbocycles. The van der Waals surface area contributed by atoms with E-state index in [0.717, 1.165) is 26.9 Å². The van der Waals surface area contributed by atoms with E-state index in [9.17, 15) is 0 Å². The van der Waals surface area contributed by atoms with Gasteiger partial charge >= 0.3 is 0 Å². The number of aryl methyl sites for hydroxylation is 1. The lowest BCUT2D eigenvalue weighted by Gasteiger charge is -2.07. The van der Waals surface area contributed by atoms with Crippen LogP contribution in [0, 0.1) is 6.92 Å². The van der Waals surface area contributed by atoms with Crippen molar-refractivity contribution in [2.75, 3.05) is 5.32 Å². The fourth-order valence-electron chi connectivity index (χ4n) is 1.34. The summed E-state index contributed by atoms with van der Waals surface area (Å²) in [5.41, 5.74) is 1.14. The summed E-state index contributed by atoms with van der Waals surface area (Å²) in [5, 5.41) is 5.40. The van der Waals surface area contributed by atoms with E-state index >= 15 is 0 Å². The van der Waals surface area contributed by atoms with Crippen molar-refractivity contribution in [3.63, 3.8) is 0 Å². The van der Waals surface area contributed by atoms with Gasteiger partial charge < -0.3 is 5.32 Å². The molecule has 2 nitrogen and oxygen atoms in total. The minimum absolute atomic E-state index is 0.799. The SMILES string of the molecule is Cc1cc(Br)cnc1NCc1sccc1Br. The third-order valence-corrected chi connectivity index (χ3v) is 4.51. The van der Waals surface area contributed by atoms with Gasteiger partial charge in [-0.15, -0.1) is 11.3 Å². The summed E-state index contributed by atoms with van der Waals surface area (Å²) in [6, 6.07) is 4.11. The van der Waals surface area contributed by atoms with Crippen LogP contribution in [0.4, 0.5) is 5.82 Å². The van der Waals surface area contributed by atoms with Crippen LogP contribution < -0.4 is 5.32 Å². The maximum Gasteiger partial charge on any atom is 0.129 e. The number of pyridine rings is 1. The second kappa shape index (κ2) is 5.29. The number of thiophene rings is 1. The third-order valence-electron chi connectivity index (χ3n) is 2.15. The number of nitrogens with zero attached hydrogens (tertiary/aromatic N) is 1. The first kappa shape index (κ1) is 12.1. The van der Waals surface area contributed by atoms with E-state index in [1.807, 2.05) is 6.92 Å². The molecule has 0 fully saturated rings. The number of nitrogens with one attached hydrogen (secondary N) is 1. The molecule has 2 aromatic heterocycles. The van der Waals surface area contributed by atoms with Gasteiger partial charge in [0.1, 0.15) is 5.82 Å². The highest BCUT2D eigenvalue weighted by molar-refractivity contribution is 9.10. The molecule has 0 aliphatic carbocycles. The molecule has 0 radical (unpaired) electrons. The second-order valence-electron chi connectivity index (χ2n) is 3.36. The summed E-state index contributed by atoms with van der Waals surface area (Å²) in [4.78, 5) is 5.62. The molecule has 0 aliphatic rings. The zero-order valence-electron chi connectivity index (χ0n) is 8.63. The molecule has 0 aromatic carbocycles. The van der Waals surface area contributed by atoms with Gasteiger partial charge in [0.25, 0.3) is 0 Å². The fraction of sp³-hybridized carbons (Fsp3) is 0.182. The van der Waals surface area contributed by atoms with Crippen LogP contribution in [0.25, 0.3) is 0 Å². The molecule has 0 aliphatic heterocycles. The van der Waals surface area contributed by atoms with Crippen LogP contribution in [0.15, 0.2) is 32.7 Å². The molecule has 0 saturated heterocycles. The number of rotatable bonds is 3. The van der Waals surface area contributed by atoms with Crippen LogP contribution >= 0.6 is 43.2 Å². The third kappa shape index (κ3) is 2.84. The minimum atomic E-state index is 0.799. The Hall–Kier alpha value is -0.390. The molecule has 1 N–H and O–H groups in total. The van der Waals surface area contributed by atoms with Crippen LogP contribution in [0.1, 0.15) is 10.4 Å². The first-order valence-electron chi connectivity index (χ1n) is 4.74. The number of halogens is 2. The van der Waals surface area contributed by atoms with Crippen molar-refractivity contribution in [3.05, 3.63) is 43.1 Å². The molecule has 0 spiro atoms. The van der Waals surface area contributed by atoms with Crippen LogP contribution in [-0.2, 0) is 6.54 Å². The van der Waals surface area contributed by atoms with E-state index in [4.69, 9.17) is 0 Å². The van der Waals surface area contributed by atoms with Crippen molar-refractivity contribution in [2.45, 2.75) is 13.5 Å². The smallest absolute Gasteiger partial charge is 0.129 e. The van der Waals surface area contributed by atoms with E-state index in [2.05, 4.69) is 59.7 Å². The Morgan fingerprint density at radius 3 is 2.88 bits per heavy atom. The zero-order valence-corrected chi connectivity index (χ0v) is 12.6. The Labute approximate surface area is 115 Å². The van der Waals surface area contributed by atoms with Gasteiger partial charge in [-0.2, -0.15) is 0 Å². The monoisotopic (exact) mass is 360 g/mol. The van der Waals surface area contributed by atoms with E-state index in [0.29, 0.717) is 0 Å². The Morgan fingerprint density at radius 2 is 2.25 bits per heavy atom. The Bertz CT molecular complexity index is 496. The molecule has 0 bridgehead atoms. The molecule has 0 amide bonds. The van der Waals surface area contributed by atoms with Crippen molar-refractivity contribution >= 4 is 49.0 Å². The predicted molar refractivity (Wildman–Crippen MR) is 76.0 cm³/mol. The Kier molecular flexibility index (Phi) is 4.00. The van der Waals surface area contributed by atoms with E-state index < -0.39 is 0 Å². The van der Waals surface area contributed by atoms with Crippen LogP contribution in [0.3, 0.4) is 0 Å². The van der Waals surface area contributed by atoms with E-state index in [1.165, 1.54) is 4.88 Å². The molecule has 5 heteroatoms. The molecule has 16 heavy (non-hydrogen) atoms. The molecule has 0 unspecified atom stereocenters. The highest BCUT2D eigenvalue weighted by atomic mass is 79.9. The summed E-state index contributed by atoms with van der Waals surface area (Å²) in [6.45, 7) is 2.84. The van der Waals surface area contributed by atoms with Gasteiger partial charge in [-0.1, -0.05) is 0 Å². The number of hydrogen-bond acceptors (Lipinski definition) is 3. The van der Waals surface area contributed by atoms with E-state index in [-0.39, 0.29) is 0 Å². The van der Waals surface area contributed by atoms with Gasteiger partial charge in [0.05, 0.1) is 6.54 Å². The fourth-order valence-corrected chi connectivity index (χ4v) is 3.22. The summed E-state index contributed by atoms with van der Waals surface area (Å²) in [5.74, 6) is 0.934. The summed E-state index contributed by atoms with van der Waals surface area (Å²) in [7, 11) is 0. The van der Waals surface area contributed by atoms with E-state index in [1.54, 1.807) is 17.5 Å². The van der Waals surface area contributed by atoms with Crippen LogP contribution in [-0.4, -0.2) is 4.98 Å². The zero-order chi connectivity index (χ0) is 11.5. The maximum absolute atomic E-state index is 4.34. The summed E-state index contributed by atoms with van der Waals surface area (Å²) < 4.78 is 2.16. The van der Waals surface area contributed by atoms with Gasteiger partial charge in [0, 0.05) is 20.0 Å². The van der Waals surface area contributed by atoms with Gasteiger partial charge in [-0.05, 0) is 61.9 Å². The molecule has 2 heterocycles. The highest BCUT2D eigenvalue weighted by Crippen LogP contribution is 2.24. The largest absolute Gasteiger partial charge is 0.365 e. The number of aromatic nitrogens is 1. The second-order valence-corrected chi connectivity index (χ2v) is 6.13. The topological polar surface area (TPSA) is 24.9 Å². The summed E-state index contributed by atoms with van der Waals surface area (Å²) >= 11 is 8.65. The Morgan fingerprint density at radius 1 is 1.44 bits per heavy atom. The predicted octanol–water partition coefficient (Wildman–Crippen LogP) is 4.59. The molecular formula is C11H10Br2N2S. The van der Waals surface area contributed by atoms with Crippen molar-refractivity contribution in [2.24, 2.45) is 0 Å². The van der Waals surface area contributed by atoms with Gasteiger partial charge in [0.15, 0.2) is 0 Å². The number of anilines is 1. The number of hydrogen-bond donors (Lipinski definition) is 1. The minimum Gasteiger partial charge on any atom is -0.365 e. The molecular weight excluding hydrogens is 352 g/mol. The average molecular weight is 362 g/mol. The van der Waals surface area contributed by atoms with Gasteiger partial charge in [0.2, 0.25) is 0 Å². The first-order valence-corrected chi connectivity index (χ1v) is 7.21. The normalized spacial score (nSPS) is 10.4. The van der Waals surface area contributed by atoms with Crippen molar-refractivity contribution < 1.29 is 0 Å². The lowest BCUT2D eigenvalue weighted by molar-refractivity contribution is 1.11. The van der Waals surface area contributed by atoms with Crippen LogP contribution in [0.5, 0.6) is 0 Å². The highest BCUT2D eigenvalue weighted by Gasteiger charge is 2.03. The quantitative estimate of drug-likeness (QED) is 0.864. The molecule has 2 rings (SSSR count). The standard InChI is InChI=1S/C11H10Br2N2S/c1-7-4-8(12)5-14-11(7)15-6-10-9(13)2-3-16-10/h2-5H,6H2,1H3,(H,14,15). The lowest BCUT2D eigenvalue weighted by Crippen LogP contribution is -2.02. The molecule has 0 atom stereocenters. The first-order chi connectivity index (χ1) is 7.66. The molecule has 2 aromatic rings. The van der Waals surface area contributed by atoms with Gasteiger partial charge in [-0.25, -0.2) is 4.98 Å². The van der Waals surface area contributed by atoms with Crippen molar-refractivity contribution in [1.29, 1.82) is 0 Å². The van der Waals surface area contributed by atoms with Gasteiger partial charge in [-0.3, -0.25) is 0 Å².